The number of benzene rings is 1. The smallest absolute Gasteiger partial charge is 0.311 e. The lowest BCUT2D eigenvalue weighted by atomic mass is 9.55. The van der Waals surface area contributed by atoms with E-state index >= 15 is 0 Å². The Morgan fingerprint density at radius 3 is 2.63 bits per heavy atom. The summed E-state index contributed by atoms with van der Waals surface area (Å²) in [7, 11) is 0. The molecule has 0 amide bonds. The maximum atomic E-state index is 12.8. The second-order valence-electron chi connectivity index (χ2n) is 9.92. The zero-order valence-electron chi connectivity index (χ0n) is 18.2. The van der Waals surface area contributed by atoms with E-state index in [-0.39, 0.29) is 29.3 Å². The first-order chi connectivity index (χ1) is 14.5. The zero-order chi connectivity index (χ0) is 20.9. The first kappa shape index (κ1) is 20.1. The zero-order valence-corrected chi connectivity index (χ0v) is 18.2. The van der Waals surface area contributed by atoms with Gasteiger partial charge in [0, 0.05) is 56.2 Å². The second kappa shape index (κ2) is 7.69. The summed E-state index contributed by atoms with van der Waals surface area (Å²) >= 11 is 0. The summed E-state index contributed by atoms with van der Waals surface area (Å²) in [4.78, 5) is 17.6. The van der Waals surface area contributed by atoms with Crippen LogP contribution in [0.3, 0.4) is 0 Å². The summed E-state index contributed by atoms with van der Waals surface area (Å²) < 4.78 is 5.83. The van der Waals surface area contributed by atoms with Gasteiger partial charge in [0.2, 0.25) is 0 Å². The van der Waals surface area contributed by atoms with Gasteiger partial charge in [-0.3, -0.25) is 9.69 Å². The summed E-state index contributed by atoms with van der Waals surface area (Å²) in [5.41, 5.74) is 2.34. The predicted molar refractivity (Wildman–Crippen MR) is 117 cm³/mol. The predicted octanol–water partition coefficient (Wildman–Crippen LogP) is 3.09. The van der Waals surface area contributed by atoms with Crippen molar-refractivity contribution >= 4 is 11.7 Å². The number of esters is 1. The molecular formula is C25H34N2O3. The molecule has 2 heterocycles. The lowest BCUT2D eigenvalue weighted by molar-refractivity contribution is -0.145. The van der Waals surface area contributed by atoms with Gasteiger partial charge in [-0.15, -0.1) is 0 Å². The average molecular weight is 411 g/mol. The summed E-state index contributed by atoms with van der Waals surface area (Å²) in [5, 5.41) is 11.5. The molecule has 0 bridgehead atoms. The number of aliphatic hydroxyl groups is 1. The number of aliphatic hydroxyl groups excluding tert-OH is 1. The monoisotopic (exact) mass is 410 g/mol. The number of piperazine rings is 1. The number of nitrogens with zero attached hydrogens (tertiary/aromatic N) is 2. The Kier molecular flexibility index (Phi) is 5.14. The third-order valence-corrected chi connectivity index (χ3v) is 8.52. The normalized spacial score (nSPS) is 39.2. The first-order valence-corrected chi connectivity index (χ1v) is 11.6. The van der Waals surface area contributed by atoms with Crippen LogP contribution in [0.2, 0.25) is 0 Å². The summed E-state index contributed by atoms with van der Waals surface area (Å²) in [6.45, 7) is 8.96. The maximum absolute atomic E-state index is 12.8. The van der Waals surface area contributed by atoms with Crippen LogP contribution in [0.4, 0.5) is 5.69 Å². The summed E-state index contributed by atoms with van der Waals surface area (Å²) in [5.74, 6) is 0.0115. The molecule has 0 aromatic heterocycles. The van der Waals surface area contributed by atoms with Crippen LogP contribution in [0.1, 0.15) is 33.1 Å². The summed E-state index contributed by atoms with van der Waals surface area (Å²) in [6.07, 6.45) is 4.59. The van der Waals surface area contributed by atoms with Gasteiger partial charge in [-0.1, -0.05) is 43.7 Å². The minimum absolute atomic E-state index is 0.0904. The molecule has 0 spiro atoms. The molecule has 0 radical (unpaired) electrons. The molecule has 5 nitrogen and oxygen atoms in total. The molecule has 0 unspecified atom stereocenters. The van der Waals surface area contributed by atoms with Crippen molar-refractivity contribution in [3.05, 3.63) is 42.0 Å². The molecule has 1 aromatic rings. The standard InChI is InChI=1S/C25H34N2O3/c1-17-7-6-8-18-15-21-22(23(28)25(17,18)2)20(24(29)30-21)16-26-11-13-27(14-12-26)19-9-4-3-5-10-19/h3-5,8-10,17,20-23,28H,6-7,11-16H2,1-2H3/t17-,20+,21+,22+,23+,25+/m0/s1. The topological polar surface area (TPSA) is 53.0 Å². The Morgan fingerprint density at radius 1 is 1.17 bits per heavy atom. The number of hydrogen-bond acceptors (Lipinski definition) is 5. The van der Waals surface area contributed by atoms with Crippen LogP contribution in [-0.2, 0) is 9.53 Å². The number of para-hydroxylation sites is 1. The van der Waals surface area contributed by atoms with Crippen molar-refractivity contribution in [1.82, 2.24) is 4.90 Å². The quantitative estimate of drug-likeness (QED) is 0.613. The fraction of sp³-hybridized carbons (Fsp3) is 0.640. The van der Waals surface area contributed by atoms with Crippen molar-refractivity contribution in [2.45, 2.75) is 45.3 Å². The number of allylic oxidation sites excluding steroid dienone is 1. The van der Waals surface area contributed by atoms with Gasteiger partial charge in [-0.2, -0.15) is 0 Å². The van der Waals surface area contributed by atoms with Crippen LogP contribution >= 0.6 is 0 Å². The summed E-state index contributed by atoms with van der Waals surface area (Å²) in [6, 6.07) is 10.5. The van der Waals surface area contributed by atoms with Gasteiger partial charge in [0.15, 0.2) is 0 Å². The molecule has 4 aliphatic rings. The van der Waals surface area contributed by atoms with E-state index in [0.29, 0.717) is 12.5 Å². The third kappa shape index (κ3) is 3.18. The maximum Gasteiger partial charge on any atom is 0.311 e. The molecule has 5 heteroatoms. The Labute approximate surface area is 179 Å². The minimum Gasteiger partial charge on any atom is -0.461 e. The van der Waals surface area contributed by atoms with Gasteiger partial charge >= 0.3 is 5.97 Å². The molecule has 5 rings (SSSR count). The highest BCUT2D eigenvalue weighted by Gasteiger charge is 2.59. The van der Waals surface area contributed by atoms with Gasteiger partial charge in [0.25, 0.3) is 0 Å². The van der Waals surface area contributed by atoms with Gasteiger partial charge in [0.05, 0.1) is 12.0 Å². The van der Waals surface area contributed by atoms with Crippen LogP contribution in [0.25, 0.3) is 0 Å². The van der Waals surface area contributed by atoms with E-state index in [1.807, 2.05) is 6.07 Å². The van der Waals surface area contributed by atoms with Crippen LogP contribution in [0.5, 0.6) is 0 Å². The molecule has 1 aromatic carbocycles. The van der Waals surface area contributed by atoms with Crippen LogP contribution in [0.15, 0.2) is 42.0 Å². The van der Waals surface area contributed by atoms with Gasteiger partial charge in [-0.05, 0) is 30.9 Å². The third-order valence-electron chi connectivity index (χ3n) is 8.52. The average Bonchev–Trinajstić information content (AvgIpc) is 3.07. The van der Waals surface area contributed by atoms with Crippen molar-refractivity contribution in [3.63, 3.8) is 0 Å². The Hall–Kier alpha value is -1.85. The van der Waals surface area contributed by atoms with E-state index in [0.717, 1.165) is 45.4 Å². The van der Waals surface area contributed by atoms with Crippen molar-refractivity contribution in [1.29, 1.82) is 0 Å². The molecule has 30 heavy (non-hydrogen) atoms. The molecule has 1 N–H and O–H groups in total. The van der Waals surface area contributed by atoms with E-state index in [1.165, 1.54) is 11.3 Å². The van der Waals surface area contributed by atoms with Crippen molar-refractivity contribution < 1.29 is 14.6 Å². The fourth-order valence-corrected chi connectivity index (χ4v) is 6.38. The second-order valence-corrected chi connectivity index (χ2v) is 9.92. The van der Waals surface area contributed by atoms with Crippen LogP contribution in [0, 0.1) is 23.2 Å². The molecule has 3 fully saturated rings. The molecule has 6 atom stereocenters. The van der Waals surface area contributed by atoms with Crippen LogP contribution in [-0.4, -0.2) is 60.9 Å². The first-order valence-electron chi connectivity index (χ1n) is 11.6. The molecule has 2 saturated heterocycles. The number of rotatable bonds is 3. The van der Waals surface area contributed by atoms with E-state index in [9.17, 15) is 9.90 Å². The Balaban J connectivity index is 1.28. The lowest BCUT2D eigenvalue weighted by Gasteiger charge is -2.52. The highest BCUT2D eigenvalue weighted by molar-refractivity contribution is 5.76. The Bertz CT molecular complexity index is 817. The van der Waals surface area contributed by atoms with Gasteiger partial charge < -0.3 is 14.7 Å². The van der Waals surface area contributed by atoms with Crippen molar-refractivity contribution in [2.75, 3.05) is 37.6 Å². The van der Waals surface area contributed by atoms with E-state index in [2.05, 4.69) is 54.0 Å². The van der Waals surface area contributed by atoms with E-state index in [1.54, 1.807) is 0 Å². The minimum atomic E-state index is -0.514. The largest absolute Gasteiger partial charge is 0.461 e. The van der Waals surface area contributed by atoms with Crippen LogP contribution < -0.4 is 4.90 Å². The molecule has 2 aliphatic carbocycles. The van der Waals surface area contributed by atoms with E-state index < -0.39 is 6.10 Å². The molecular weight excluding hydrogens is 376 g/mol. The molecule has 162 valence electrons. The number of hydrogen-bond donors (Lipinski definition) is 1. The Morgan fingerprint density at radius 2 is 1.90 bits per heavy atom. The van der Waals surface area contributed by atoms with Crippen molar-refractivity contribution in [2.24, 2.45) is 23.2 Å². The fourth-order valence-electron chi connectivity index (χ4n) is 6.38. The number of fused-ring (bicyclic) bond motifs is 2. The lowest BCUT2D eigenvalue weighted by Crippen LogP contribution is -2.55. The SMILES string of the molecule is C[C@H]1CCC=C2C[C@H]3OC(=O)[C@H](CN4CCN(c5ccccc5)CC4)[C@H]3[C@@H](O)[C@@]21C. The molecule has 2 aliphatic heterocycles. The van der Waals surface area contributed by atoms with E-state index in [4.69, 9.17) is 4.74 Å². The number of carbonyl (C=O) groups excluding carboxylic acids is 1. The highest BCUT2D eigenvalue weighted by atomic mass is 16.6. The molecule has 1 saturated carbocycles. The highest BCUT2D eigenvalue weighted by Crippen LogP contribution is 2.56. The van der Waals surface area contributed by atoms with Gasteiger partial charge in [0.1, 0.15) is 6.10 Å². The number of anilines is 1. The number of carbonyl (C=O) groups is 1. The number of ether oxygens (including phenoxy) is 1. The van der Waals surface area contributed by atoms with Gasteiger partial charge in [-0.25, -0.2) is 0 Å². The van der Waals surface area contributed by atoms with Crippen molar-refractivity contribution in [3.8, 4) is 0 Å².